The highest BCUT2D eigenvalue weighted by atomic mass is 19.1. The van der Waals surface area contributed by atoms with Gasteiger partial charge in [-0.2, -0.15) is 0 Å². The molecule has 8 heteroatoms. The van der Waals surface area contributed by atoms with Crippen molar-refractivity contribution >= 4 is 5.91 Å². The van der Waals surface area contributed by atoms with E-state index in [1.165, 1.54) is 6.26 Å². The lowest BCUT2D eigenvalue weighted by molar-refractivity contribution is 0.0991. The second kappa shape index (κ2) is 5.91. The van der Waals surface area contributed by atoms with E-state index < -0.39 is 23.1 Å². The van der Waals surface area contributed by atoms with Crippen molar-refractivity contribution in [3.05, 3.63) is 59.6 Å². The Morgan fingerprint density at radius 2 is 2.13 bits per heavy atom. The zero-order valence-electron chi connectivity index (χ0n) is 11.6. The molecule has 0 aliphatic rings. The minimum absolute atomic E-state index is 0.172. The van der Waals surface area contributed by atoms with Crippen LogP contribution in [0.4, 0.5) is 8.78 Å². The van der Waals surface area contributed by atoms with E-state index in [-0.39, 0.29) is 12.4 Å². The molecule has 23 heavy (non-hydrogen) atoms. The third-order valence-corrected chi connectivity index (χ3v) is 3.00. The molecule has 0 bridgehead atoms. The zero-order valence-corrected chi connectivity index (χ0v) is 11.6. The molecule has 2 heterocycles. The number of primary amides is 1. The fraction of sp³-hybridized carbons (Fsp3) is 0.0667. The topological polar surface area (TPSA) is 91.5 Å². The van der Waals surface area contributed by atoms with Gasteiger partial charge in [0.1, 0.15) is 23.7 Å². The van der Waals surface area contributed by atoms with Crippen LogP contribution in [0.15, 0.2) is 45.5 Å². The summed E-state index contributed by atoms with van der Waals surface area (Å²) in [6, 6.07) is 6.89. The van der Waals surface area contributed by atoms with Crippen LogP contribution in [-0.2, 0) is 6.61 Å². The molecule has 0 fully saturated rings. The number of hydrogen-bond acceptors (Lipinski definition) is 5. The minimum Gasteiger partial charge on any atom is -0.482 e. The molecule has 0 aliphatic heterocycles. The summed E-state index contributed by atoms with van der Waals surface area (Å²) in [5, 5.41) is 3.78. The molecule has 1 amide bonds. The van der Waals surface area contributed by atoms with E-state index in [2.05, 4.69) is 5.16 Å². The molecule has 6 nitrogen and oxygen atoms in total. The lowest BCUT2D eigenvalue weighted by Crippen LogP contribution is -2.16. The van der Waals surface area contributed by atoms with Crippen LogP contribution in [0.2, 0.25) is 0 Å². The summed E-state index contributed by atoms with van der Waals surface area (Å²) >= 11 is 0. The van der Waals surface area contributed by atoms with Crippen molar-refractivity contribution in [2.24, 2.45) is 5.73 Å². The average molecular weight is 320 g/mol. The Morgan fingerprint density at radius 1 is 1.30 bits per heavy atom. The first-order valence-electron chi connectivity index (χ1n) is 6.46. The summed E-state index contributed by atoms with van der Waals surface area (Å²) in [6.07, 6.45) is 1.49. The Hall–Kier alpha value is -3.16. The van der Waals surface area contributed by atoms with Gasteiger partial charge in [-0.15, -0.1) is 0 Å². The fourth-order valence-electron chi connectivity index (χ4n) is 1.94. The van der Waals surface area contributed by atoms with Gasteiger partial charge in [0.25, 0.3) is 5.91 Å². The normalized spacial score (nSPS) is 10.7. The number of rotatable bonds is 5. The highest BCUT2D eigenvalue weighted by Crippen LogP contribution is 2.25. The maximum absolute atomic E-state index is 14.0. The van der Waals surface area contributed by atoms with Gasteiger partial charge in [-0.25, -0.2) is 8.78 Å². The molecule has 0 spiro atoms. The molecule has 1 aromatic carbocycles. The van der Waals surface area contributed by atoms with E-state index in [9.17, 15) is 13.6 Å². The van der Waals surface area contributed by atoms with Crippen LogP contribution in [0.5, 0.6) is 5.75 Å². The highest BCUT2D eigenvalue weighted by Gasteiger charge is 2.19. The number of amides is 1. The van der Waals surface area contributed by atoms with E-state index >= 15 is 0 Å². The predicted molar refractivity (Wildman–Crippen MR) is 73.4 cm³/mol. The number of halogens is 2. The summed E-state index contributed by atoms with van der Waals surface area (Å²) in [5.74, 6) is -2.96. The van der Waals surface area contributed by atoms with Crippen LogP contribution in [0.1, 0.15) is 16.1 Å². The largest absolute Gasteiger partial charge is 0.482 e. The monoisotopic (exact) mass is 320 g/mol. The third-order valence-electron chi connectivity index (χ3n) is 3.00. The van der Waals surface area contributed by atoms with E-state index in [0.717, 1.165) is 12.1 Å². The van der Waals surface area contributed by atoms with Gasteiger partial charge in [0.05, 0.1) is 6.26 Å². The average Bonchev–Trinajstić information content (AvgIpc) is 3.17. The van der Waals surface area contributed by atoms with Crippen molar-refractivity contribution in [3.63, 3.8) is 0 Å². The van der Waals surface area contributed by atoms with Crippen LogP contribution in [0, 0.1) is 11.6 Å². The van der Waals surface area contributed by atoms with E-state index in [1.54, 1.807) is 18.2 Å². The van der Waals surface area contributed by atoms with Crippen LogP contribution in [0.25, 0.3) is 11.5 Å². The quantitative estimate of drug-likeness (QED) is 0.780. The van der Waals surface area contributed by atoms with Crippen molar-refractivity contribution < 1.29 is 27.3 Å². The van der Waals surface area contributed by atoms with Gasteiger partial charge in [-0.1, -0.05) is 5.16 Å². The molecule has 2 N–H and O–H groups in total. The first-order chi connectivity index (χ1) is 11.1. The lowest BCUT2D eigenvalue weighted by Gasteiger charge is -2.08. The molecule has 0 aliphatic carbocycles. The predicted octanol–water partition coefficient (Wildman–Crippen LogP) is 2.89. The number of ether oxygens (including phenoxy) is 1. The van der Waals surface area contributed by atoms with Crippen LogP contribution < -0.4 is 10.5 Å². The summed E-state index contributed by atoms with van der Waals surface area (Å²) in [4.78, 5) is 11.1. The summed E-state index contributed by atoms with van der Waals surface area (Å²) in [5.41, 5.74) is 4.54. The molecule has 2 aromatic heterocycles. The molecule has 3 aromatic rings. The van der Waals surface area contributed by atoms with Crippen LogP contribution in [0.3, 0.4) is 0 Å². The van der Waals surface area contributed by atoms with Crippen molar-refractivity contribution in [2.75, 3.05) is 0 Å². The third kappa shape index (κ3) is 2.91. The van der Waals surface area contributed by atoms with Gasteiger partial charge < -0.3 is 19.4 Å². The number of hydrogen-bond donors (Lipinski definition) is 1. The molecule has 0 radical (unpaired) electrons. The number of nitrogens with zero attached hydrogens (tertiary/aromatic N) is 1. The standard InChI is InChI=1S/C15H10F2N2O4/c16-9-3-4-12(14(17)13(9)15(18)20)22-7-8-6-10(19-23-8)11-2-1-5-21-11/h1-6H,7H2,(H2,18,20). The Labute approximate surface area is 128 Å². The van der Waals surface area contributed by atoms with Crippen LogP contribution in [-0.4, -0.2) is 11.1 Å². The first-order valence-corrected chi connectivity index (χ1v) is 6.46. The SMILES string of the molecule is NC(=O)c1c(F)ccc(OCc2cc(-c3ccco3)no2)c1F. The number of carbonyl (C=O) groups excluding carboxylic acids is 1. The molecular formula is C15H10F2N2O4. The van der Waals surface area contributed by atoms with Gasteiger partial charge >= 0.3 is 0 Å². The van der Waals surface area contributed by atoms with Crippen molar-refractivity contribution in [1.82, 2.24) is 5.16 Å². The van der Waals surface area contributed by atoms with E-state index in [4.69, 9.17) is 19.4 Å². The molecule has 0 saturated heterocycles. The number of carbonyl (C=O) groups is 1. The maximum Gasteiger partial charge on any atom is 0.254 e. The van der Waals surface area contributed by atoms with E-state index in [0.29, 0.717) is 17.2 Å². The summed E-state index contributed by atoms with van der Waals surface area (Å²) in [6.45, 7) is -0.172. The molecule has 118 valence electrons. The molecule has 0 saturated carbocycles. The summed E-state index contributed by atoms with van der Waals surface area (Å²) in [7, 11) is 0. The Bertz CT molecular complexity index is 843. The van der Waals surface area contributed by atoms with Crippen molar-refractivity contribution in [3.8, 4) is 17.2 Å². The lowest BCUT2D eigenvalue weighted by atomic mass is 10.1. The highest BCUT2D eigenvalue weighted by molar-refractivity contribution is 5.93. The Balaban J connectivity index is 1.76. The number of aromatic nitrogens is 1. The Kier molecular flexibility index (Phi) is 3.80. The Morgan fingerprint density at radius 3 is 2.83 bits per heavy atom. The van der Waals surface area contributed by atoms with Gasteiger partial charge in [0.2, 0.25) is 0 Å². The first kappa shape index (κ1) is 14.8. The van der Waals surface area contributed by atoms with Gasteiger partial charge in [0, 0.05) is 6.07 Å². The molecule has 0 atom stereocenters. The van der Waals surface area contributed by atoms with Crippen molar-refractivity contribution in [2.45, 2.75) is 6.61 Å². The second-order valence-corrected chi connectivity index (χ2v) is 4.54. The summed E-state index contributed by atoms with van der Waals surface area (Å²) < 4.78 is 42.7. The number of benzene rings is 1. The molecule has 3 rings (SSSR count). The van der Waals surface area contributed by atoms with Gasteiger partial charge in [-0.3, -0.25) is 4.79 Å². The molecule has 0 unspecified atom stereocenters. The maximum atomic E-state index is 14.0. The van der Waals surface area contributed by atoms with Gasteiger partial charge in [-0.05, 0) is 24.3 Å². The van der Waals surface area contributed by atoms with E-state index in [1.807, 2.05) is 0 Å². The number of furan rings is 1. The molecular weight excluding hydrogens is 310 g/mol. The van der Waals surface area contributed by atoms with Crippen molar-refractivity contribution in [1.29, 1.82) is 0 Å². The second-order valence-electron chi connectivity index (χ2n) is 4.54. The number of nitrogens with two attached hydrogens (primary N) is 1. The smallest absolute Gasteiger partial charge is 0.254 e. The minimum atomic E-state index is -1.22. The van der Waals surface area contributed by atoms with Crippen LogP contribution >= 0.6 is 0 Å². The fourth-order valence-corrected chi connectivity index (χ4v) is 1.94. The zero-order chi connectivity index (χ0) is 16.4. The van der Waals surface area contributed by atoms with Gasteiger partial charge in [0.15, 0.2) is 23.1 Å².